The van der Waals surface area contributed by atoms with Gasteiger partial charge in [-0.05, 0) is 60.7 Å². The molecular weight excluding hydrogens is 534 g/mol. The molecule has 1 saturated heterocycles. The highest BCUT2D eigenvalue weighted by Gasteiger charge is 2.23. The minimum Gasteiger partial charge on any atom is -0.497 e. The van der Waals surface area contributed by atoms with Crippen LogP contribution in [0.25, 0.3) is 11.0 Å². The van der Waals surface area contributed by atoms with E-state index in [2.05, 4.69) is 21.3 Å². The maximum Gasteiger partial charge on any atom is 0.305 e. The Labute approximate surface area is 244 Å². The number of carbonyl (C=O) groups is 1. The number of anilines is 3. The highest BCUT2D eigenvalue weighted by atomic mass is 16.5. The van der Waals surface area contributed by atoms with E-state index in [-0.39, 0.29) is 5.97 Å². The van der Waals surface area contributed by atoms with Gasteiger partial charge in [0.2, 0.25) is 0 Å². The smallest absolute Gasteiger partial charge is 0.305 e. The Hall–Kier alpha value is -5.04. The van der Waals surface area contributed by atoms with Crippen LogP contribution in [0.3, 0.4) is 0 Å². The summed E-state index contributed by atoms with van der Waals surface area (Å²) in [6.07, 6.45) is 3.90. The summed E-state index contributed by atoms with van der Waals surface area (Å²) >= 11 is 0. The molecule has 5 rings (SSSR count). The zero-order valence-electron chi connectivity index (χ0n) is 23.9. The predicted octanol–water partition coefficient (Wildman–Crippen LogP) is 5.62. The van der Waals surface area contributed by atoms with Crippen molar-refractivity contribution in [3.63, 3.8) is 0 Å². The summed E-state index contributed by atoms with van der Waals surface area (Å²) in [5.74, 6) is 2.79. The quantitative estimate of drug-likeness (QED) is 0.242. The van der Waals surface area contributed by atoms with Crippen molar-refractivity contribution >= 4 is 34.2 Å². The molecule has 3 aromatic carbocycles. The molecule has 0 atom stereocenters. The van der Waals surface area contributed by atoms with Crippen LogP contribution in [-0.2, 0) is 16.1 Å². The number of benzene rings is 3. The molecule has 0 bridgehead atoms. The van der Waals surface area contributed by atoms with Crippen LogP contribution in [0.2, 0.25) is 0 Å². The van der Waals surface area contributed by atoms with Gasteiger partial charge < -0.3 is 29.2 Å². The van der Waals surface area contributed by atoms with Crippen LogP contribution >= 0.6 is 0 Å². The second kappa shape index (κ2) is 13.1. The number of aromatic nitrogens is 2. The number of nitriles is 1. The second-order valence-corrected chi connectivity index (χ2v) is 10.0. The fourth-order valence-electron chi connectivity index (χ4n) is 5.03. The number of piperidine rings is 1. The lowest BCUT2D eigenvalue weighted by molar-refractivity contribution is -0.141. The fraction of sp³-hybridized carbons (Fsp3) is 0.312. The molecule has 1 aromatic heterocycles. The maximum atomic E-state index is 11.7. The molecule has 0 amide bonds. The number of carbonyl (C=O) groups excluding carboxylic acids is 1. The van der Waals surface area contributed by atoms with Crippen molar-refractivity contribution in [1.29, 1.82) is 5.26 Å². The Morgan fingerprint density at radius 3 is 2.50 bits per heavy atom. The molecule has 1 aliphatic rings. The standard InChI is InChI=1S/C32H33N5O5/c1-39-24-7-4-22(5-8-24)20-42-28-11-6-23(17-29(28)40-2)35-26-9-10-27-32(25(26)18-33)36-30(19-34-27)37-14-12-21(13-15-37)16-31(38)41-3/h4-11,17,19,21,35H,12-16,20H2,1-3H3. The number of esters is 1. The van der Waals surface area contributed by atoms with Crippen molar-refractivity contribution in [2.45, 2.75) is 25.9 Å². The summed E-state index contributed by atoms with van der Waals surface area (Å²) in [6.45, 7) is 1.89. The van der Waals surface area contributed by atoms with Gasteiger partial charge in [-0.2, -0.15) is 5.26 Å². The summed E-state index contributed by atoms with van der Waals surface area (Å²) in [4.78, 5) is 23.2. The lowest BCUT2D eigenvalue weighted by Gasteiger charge is -2.32. The van der Waals surface area contributed by atoms with Crippen LogP contribution in [0.5, 0.6) is 17.2 Å². The molecule has 0 radical (unpaired) electrons. The van der Waals surface area contributed by atoms with Crippen LogP contribution in [-0.4, -0.2) is 50.4 Å². The molecule has 2 heterocycles. The van der Waals surface area contributed by atoms with Crippen molar-refractivity contribution in [3.05, 3.63) is 71.9 Å². The molecule has 0 aliphatic carbocycles. The number of nitrogens with one attached hydrogen (secondary N) is 1. The van der Waals surface area contributed by atoms with E-state index in [1.807, 2.05) is 54.6 Å². The van der Waals surface area contributed by atoms with Crippen LogP contribution in [0, 0.1) is 17.2 Å². The van der Waals surface area contributed by atoms with Crippen LogP contribution in [0.4, 0.5) is 17.2 Å². The Bertz CT molecular complexity index is 1590. The minimum atomic E-state index is -0.175. The van der Waals surface area contributed by atoms with Gasteiger partial charge in [0.25, 0.3) is 0 Å². The van der Waals surface area contributed by atoms with Crippen LogP contribution in [0.15, 0.2) is 60.8 Å². The number of methoxy groups -OCH3 is 3. The van der Waals surface area contributed by atoms with Crippen LogP contribution in [0.1, 0.15) is 30.4 Å². The molecule has 0 unspecified atom stereocenters. The first-order chi connectivity index (χ1) is 20.5. The summed E-state index contributed by atoms with van der Waals surface area (Å²) < 4.78 is 21.6. The molecule has 1 fully saturated rings. The SMILES string of the molecule is COC(=O)CC1CCN(c2cnc3ccc(Nc4ccc(OCc5ccc(OC)cc5)c(OC)c4)c(C#N)c3n2)CC1. The summed E-state index contributed by atoms with van der Waals surface area (Å²) in [5.41, 5.74) is 3.92. The predicted molar refractivity (Wildman–Crippen MR) is 159 cm³/mol. The van der Waals surface area contributed by atoms with Gasteiger partial charge in [0.1, 0.15) is 35.3 Å². The summed E-state index contributed by atoms with van der Waals surface area (Å²) in [5, 5.41) is 13.5. The van der Waals surface area contributed by atoms with E-state index in [1.54, 1.807) is 20.4 Å². The van der Waals surface area contributed by atoms with E-state index in [9.17, 15) is 10.1 Å². The van der Waals surface area contributed by atoms with E-state index in [0.717, 1.165) is 42.9 Å². The first-order valence-corrected chi connectivity index (χ1v) is 13.7. The van der Waals surface area contributed by atoms with Gasteiger partial charge in [0.05, 0.1) is 38.7 Å². The van der Waals surface area contributed by atoms with Crippen LogP contribution < -0.4 is 24.4 Å². The molecule has 0 spiro atoms. The third-order valence-electron chi connectivity index (χ3n) is 7.43. The highest BCUT2D eigenvalue weighted by molar-refractivity contribution is 5.89. The minimum absolute atomic E-state index is 0.175. The molecule has 42 heavy (non-hydrogen) atoms. The largest absolute Gasteiger partial charge is 0.497 e. The zero-order chi connectivity index (χ0) is 29.5. The third kappa shape index (κ3) is 6.47. The van der Waals surface area contributed by atoms with Gasteiger partial charge >= 0.3 is 5.97 Å². The van der Waals surface area contributed by atoms with Gasteiger partial charge in [0.15, 0.2) is 11.5 Å². The lowest BCUT2D eigenvalue weighted by Crippen LogP contribution is -2.35. The van der Waals surface area contributed by atoms with E-state index in [1.165, 1.54) is 7.11 Å². The van der Waals surface area contributed by atoms with Crippen molar-refractivity contribution in [2.24, 2.45) is 5.92 Å². The van der Waals surface area contributed by atoms with Crippen molar-refractivity contribution in [1.82, 2.24) is 9.97 Å². The molecule has 10 nitrogen and oxygen atoms in total. The Morgan fingerprint density at radius 1 is 1.02 bits per heavy atom. The van der Waals surface area contributed by atoms with Gasteiger partial charge in [-0.15, -0.1) is 0 Å². The summed E-state index contributed by atoms with van der Waals surface area (Å²) in [6, 6.07) is 19.2. The topological polar surface area (TPSA) is 119 Å². The average Bonchev–Trinajstić information content (AvgIpc) is 3.04. The Balaban J connectivity index is 1.31. The maximum absolute atomic E-state index is 11.7. The molecule has 1 N–H and O–H groups in total. The fourth-order valence-corrected chi connectivity index (χ4v) is 5.03. The Kier molecular flexibility index (Phi) is 8.87. The normalized spacial score (nSPS) is 13.3. The lowest BCUT2D eigenvalue weighted by atomic mass is 9.93. The molecule has 0 saturated carbocycles. The van der Waals surface area contributed by atoms with Crippen molar-refractivity contribution in [2.75, 3.05) is 44.6 Å². The van der Waals surface area contributed by atoms with Crippen molar-refractivity contribution < 1.29 is 23.7 Å². The number of nitrogens with zero attached hydrogens (tertiary/aromatic N) is 4. The molecule has 10 heteroatoms. The van der Waals surface area contributed by atoms with Gasteiger partial charge in [-0.25, -0.2) is 4.98 Å². The number of fused-ring (bicyclic) bond motifs is 1. The first-order valence-electron chi connectivity index (χ1n) is 13.7. The number of hydrogen-bond donors (Lipinski definition) is 1. The van der Waals surface area contributed by atoms with E-state index < -0.39 is 0 Å². The average molecular weight is 568 g/mol. The van der Waals surface area contributed by atoms with E-state index in [4.69, 9.17) is 23.9 Å². The number of rotatable bonds is 10. The second-order valence-electron chi connectivity index (χ2n) is 10.0. The van der Waals surface area contributed by atoms with Gasteiger partial charge in [-0.3, -0.25) is 9.78 Å². The van der Waals surface area contributed by atoms with Gasteiger partial charge in [0, 0.05) is 31.3 Å². The van der Waals surface area contributed by atoms with E-state index >= 15 is 0 Å². The molecule has 1 aliphatic heterocycles. The van der Waals surface area contributed by atoms with Gasteiger partial charge in [-0.1, -0.05) is 12.1 Å². The molecule has 4 aromatic rings. The first kappa shape index (κ1) is 28.5. The number of hydrogen-bond acceptors (Lipinski definition) is 10. The molecular formula is C32H33N5O5. The monoisotopic (exact) mass is 567 g/mol. The molecule has 216 valence electrons. The van der Waals surface area contributed by atoms with Crippen molar-refractivity contribution in [3.8, 4) is 23.3 Å². The number of ether oxygens (including phenoxy) is 4. The summed E-state index contributed by atoms with van der Waals surface area (Å²) in [7, 11) is 4.64. The zero-order valence-corrected chi connectivity index (χ0v) is 23.9. The Morgan fingerprint density at radius 2 is 1.81 bits per heavy atom. The third-order valence-corrected chi connectivity index (χ3v) is 7.43. The highest BCUT2D eigenvalue weighted by Crippen LogP contribution is 2.34. The van der Waals surface area contributed by atoms with E-state index in [0.29, 0.717) is 58.5 Å².